The number of para-hydroxylation sites is 1. The second-order valence-corrected chi connectivity index (χ2v) is 20.6. The third kappa shape index (κ3) is 7.43. The van der Waals surface area contributed by atoms with Crippen LogP contribution in [-0.4, -0.2) is 60.3 Å². The Labute approximate surface area is 345 Å². The molecule has 12 heteroatoms. The molecule has 6 aromatic rings. The molecule has 0 saturated carbocycles. The maximum Gasteiger partial charge on any atom is 0.264 e. The van der Waals surface area contributed by atoms with Crippen LogP contribution in [0.25, 0.3) is 0 Å². The Bertz CT molecular complexity index is 2420. The average Bonchev–Trinajstić information content (AvgIpc) is 3.94. The molecule has 0 unspecified atom stereocenters. The molecule has 2 amide bonds. The Balaban J connectivity index is 1.07. The summed E-state index contributed by atoms with van der Waals surface area (Å²) >= 11 is 0. The molecule has 2 N–H and O–H groups in total. The monoisotopic (exact) mass is 807 g/mol. The molecule has 1 fully saturated rings. The van der Waals surface area contributed by atoms with Gasteiger partial charge in [-0.25, -0.2) is 0 Å². The first-order chi connectivity index (χ1) is 28.5. The fourth-order valence-electron chi connectivity index (χ4n) is 9.13. The summed E-state index contributed by atoms with van der Waals surface area (Å²) < 4.78 is 19.8. The summed E-state index contributed by atoms with van der Waals surface area (Å²) in [5, 5.41) is 24.0. The van der Waals surface area contributed by atoms with Crippen LogP contribution in [0, 0.1) is 5.92 Å². The highest BCUT2D eigenvalue weighted by Crippen LogP contribution is 2.60. The Morgan fingerprint density at radius 3 is 2.20 bits per heavy atom. The van der Waals surface area contributed by atoms with Gasteiger partial charge in [0.2, 0.25) is 0 Å². The second kappa shape index (κ2) is 16.3. The molecule has 2 aliphatic rings. The second-order valence-electron chi connectivity index (χ2n) is 16.0. The molecule has 3 heterocycles. The number of carbonyl (C=O) groups is 2. The molecule has 1 spiro atoms. The van der Waals surface area contributed by atoms with E-state index in [0.717, 1.165) is 28.1 Å². The number of aliphatic hydroxyl groups is 1. The van der Waals surface area contributed by atoms with Crippen molar-refractivity contribution in [3.63, 3.8) is 0 Å². The van der Waals surface area contributed by atoms with E-state index in [1.54, 1.807) is 49.4 Å². The number of rotatable bonds is 13. The van der Waals surface area contributed by atoms with Gasteiger partial charge in [-0.2, -0.15) is 0 Å². The Morgan fingerprint density at radius 2 is 1.53 bits per heavy atom. The van der Waals surface area contributed by atoms with E-state index in [2.05, 4.69) is 47.8 Å². The molecule has 11 nitrogen and oxygen atoms in total. The number of nitrogens with zero attached hydrogens (tertiary/aromatic N) is 4. The minimum atomic E-state index is -2.37. The third-order valence-corrected chi connectivity index (χ3v) is 16.6. The number of methoxy groups -OCH3 is 2. The van der Waals surface area contributed by atoms with Crippen molar-refractivity contribution in [2.24, 2.45) is 5.92 Å². The summed E-state index contributed by atoms with van der Waals surface area (Å²) in [5.74, 6) is 1.00. The average molecular weight is 808 g/mol. The molecule has 0 aliphatic carbocycles. The van der Waals surface area contributed by atoms with Gasteiger partial charge in [-0.05, 0) is 77.7 Å². The number of hydrogen-bond acceptors (Lipinski definition) is 8. The lowest BCUT2D eigenvalue weighted by molar-refractivity contribution is -0.146. The molecular weight excluding hydrogens is 759 g/mol. The lowest BCUT2D eigenvalue weighted by Crippen LogP contribution is -2.51. The highest BCUT2D eigenvalue weighted by Gasteiger charge is 2.66. The van der Waals surface area contributed by atoms with Crippen molar-refractivity contribution in [3.8, 4) is 11.5 Å². The Hall–Kier alpha value is -6.08. The molecule has 302 valence electrons. The van der Waals surface area contributed by atoms with Crippen LogP contribution in [0.4, 0.5) is 11.4 Å². The molecule has 59 heavy (non-hydrogen) atoms. The lowest BCUT2D eigenvalue weighted by Gasteiger charge is -2.37. The fraction of sp³-hybridized carbons (Fsp3) is 0.277. The van der Waals surface area contributed by atoms with Crippen molar-refractivity contribution in [1.29, 1.82) is 0 Å². The zero-order valence-corrected chi connectivity index (χ0v) is 34.9. The molecule has 2 aliphatic heterocycles. The zero-order chi connectivity index (χ0) is 41.3. The number of anilines is 2. The molecule has 8 rings (SSSR count). The summed E-state index contributed by atoms with van der Waals surface area (Å²) in [6, 6.07) is 40.3. The summed E-state index contributed by atoms with van der Waals surface area (Å²) in [7, 11) is 0.888. The van der Waals surface area contributed by atoms with Crippen LogP contribution in [-0.2, 0) is 28.2 Å². The van der Waals surface area contributed by atoms with E-state index in [4.69, 9.17) is 14.2 Å². The van der Waals surface area contributed by atoms with Crippen molar-refractivity contribution in [2.45, 2.75) is 62.9 Å². The summed E-state index contributed by atoms with van der Waals surface area (Å²) in [6.07, 6.45) is 1.21. The maximum absolute atomic E-state index is 15.2. The van der Waals surface area contributed by atoms with Gasteiger partial charge >= 0.3 is 0 Å². The van der Waals surface area contributed by atoms with Gasteiger partial charge in [-0.1, -0.05) is 103 Å². The topological polar surface area (TPSA) is 128 Å². The van der Waals surface area contributed by atoms with Crippen LogP contribution in [0.3, 0.4) is 0 Å². The highest BCUT2D eigenvalue weighted by atomic mass is 28.3. The van der Waals surface area contributed by atoms with Crippen molar-refractivity contribution >= 4 is 36.4 Å². The third-order valence-electron chi connectivity index (χ3n) is 12.2. The molecule has 0 bridgehead atoms. The van der Waals surface area contributed by atoms with Gasteiger partial charge < -0.3 is 29.5 Å². The Kier molecular flexibility index (Phi) is 11.0. The number of carbonyl (C=O) groups excluding carboxylic acids is 2. The number of aryl methyl sites for hydroxylation is 1. The molecule has 1 saturated heterocycles. The lowest BCUT2D eigenvalue weighted by atomic mass is 9.82. The van der Waals surface area contributed by atoms with Gasteiger partial charge in [0.05, 0.1) is 46.8 Å². The number of aromatic nitrogens is 3. The summed E-state index contributed by atoms with van der Waals surface area (Å²) in [4.78, 5) is 30.0. The standard InChI is InChI=1S/C47H49N5O6Si/c1-31-44(59(4,5)38-25-23-37(57-3)24-26-38)42(27-28-51-30-40(49-50-51)43(53)33-11-7-6-8-12-33)58-47(31)39-13-9-10-14-41(39)52(46(47)55)29-32-15-19-35(20-16-32)48-45(54)34-17-21-36(56-2)22-18-34/h6-26,30-31,42-44,53H,27-29H2,1-5H3,(H,48,54)/t31-,42+,43+,44-,47+/m0/s1. The quantitative estimate of drug-likeness (QED) is 0.115. The van der Waals surface area contributed by atoms with Crippen molar-refractivity contribution in [2.75, 3.05) is 24.4 Å². The zero-order valence-electron chi connectivity index (χ0n) is 33.9. The van der Waals surface area contributed by atoms with Gasteiger partial charge in [0.1, 0.15) is 23.3 Å². The van der Waals surface area contributed by atoms with Crippen molar-refractivity contribution in [1.82, 2.24) is 15.0 Å². The molecular formula is C47H49N5O6Si. The van der Waals surface area contributed by atoms with E-state index in [1.165, 1.54) is 5.19 Å². The number of benzene rings is 5. The van der Waals surface area contributed by atoms with Gasteiger partial charge in [0.15, 0.2) is 5.60 Å². The largest absolute Gasteiger partial charge is 0.497 e. The van der Waals surface area contributed by atoms with Gasteiger partial charge in [0, 0.05) is 29.3 Å². The highest BCUT2D eigenvalue weighted by molar-refractivity contribution is 6.91. The normalized spacial score (nSPS) is 20.4. The van der Waals surface area contributed by atoms with E-state index in [0.29, 0.717) is 42.2 Å². The van der Waals surface area contributed by atoms with Crippen LogP contribution in [0.5, 0.6) is 11.5 Å². The predicted octanol–water partition coefficient (Wildman–Crippen LogP) is 7.48. The van der Waals surface area contributed by atoms with E-state index in [1.807, 2.05) is 95.9 Å². The first kappa shape index (κ1) is 39.7. The van der Waals surface area contributed by atoms with E-state index < -0.39 is 19.8 Å². The van der Waals surface area contributed by atoms with Gasteiger partial charge in [-0.15, -0.1) is 5.10 Å². The van der Waals surface area contributed by atoms with E-state index in [-0.39, 0.29) is 29.4 Å². The summed E-state index contributed by atoms with van der Waals surface area (Å²) in [6.45, 7) is 7.75. The minimum Gasteiger partial charge on any atom is -0.497 e. The van der Waals surface area contributed by atoms with Crippen molar-refractivity contribution < 1.29 is 28.9 Å². The van der Waals surface area contributed by atoms with Crippen LogP contribution >= 0.6 is 0 Å². The fourth-order valence-corrected chi connectivity index (χ4v) is 13.2. The van der Waals surface area contributed by atoms with Gasteiger partial charge in [0.25, 0.3) is 11.8 Å². The summed E-state index contributed by atoms with van der Waals surface area (Å²) in [5.41, 5.74) is 3.86. The number of nitrogens with one attached hydrogen (secondary N) is 1. The van der Waals surface area contributed by atoms with Crippen LogP contribution in [0.1, 0.15) is 52.2 Å². The van der Waals surface area contributed by atoms with Crippen LogP contribution < -0.4 is 24.9 Å². The smallest absolute Gasteiger partial charge is 0.264 e. The number of fused-ring (bicyclic) bond motifs is 2. The van der Waals surface area contributed by atoms with Crippen LogP contribution in [0.2, 0.25) is 18.6 Å². The number of ether oxygens (including phenoxy) is 3. The maximum atomic E-state index is 15.2. The molecule has 1 aromatic heterocycles. The van der Waals surface area contributed by atoms with E-state index in [9.17, 15) is 9.90 Å². The number of hydrogen-bond donors (Lipinski definition) is 2. The Morgan fingerprint density at radius 1 is 0.881 bits per heavy atom. The number of aliphatic hydroxyl groups excluding tert-OH is 1. The predicted molar refractivity (Wildman–Crippen MR) is 230 cm³/mol. The minimum absolute atomic E-state index is 0.0411. The van der Waals surface area contributed by atoms with E-state index >= 15 is 4.79 Å². The molecule has 5 atom stereocenters. The molecule has 0 radical (unpaired) electrons. The SMILES string of the molecule is COc1ccc(C(=O)Nc2ccc(CN3C(=O)[C@]4(O[C@H](CCn5cc([C@H](O)c6ccccc6)nn5)[C@@H]([Si](C)(C)c5ccc(OC)cc5)[C@@H]4C)c4ccccc43)cc2)cc1. The number of amides is 2. The van der Waals surface area contributed by atoms with Crippen LogP contribution in [0.15, 0.2) is 134 Å². The van der Waals surface area contributed by atoms with Gasteiger partial charge in [-0.3, -0.25) is 14.3 Å². The first-order valence-corrected chi connectivity index (χ1v) is 23.0. The van der Waals surface area contributed by atoms with Crippen molar-refractivity contribution in [3.05, 3.63) is 162 Å². The first-order valence-electron chi connectivity index (χ1n) is 19.9. The molecule has 5 aromatic carbocycles.